The van der Waals surface area contributed by atoms with Crippen molar-refractivity contribution in [2.45, 2.75) is 13.5 Å². The summed E-state index contributed by atoms with van der Waals surface area (Å²) < 4.78 is 2.05. The molecule has 0 aliphatic heterocycles. The number of hydrogen-bond donors (Lipinski definition) is 1. The third-order valence-electron chi connectivity index (χ3n) is 2.20. The minimum Gasteiger partial charge on any atom is -0.331 e. The number of aromatic nitrogens is 3. The summed E-state index contributed by atoms with van der Waals surface area (Å²) in [5, 5.41) is 0.957. The molecule has 0 radical (unpaired) electrons. The molecular formula is C9H12N4S. The number of hydrogen-bond acceptors (Lipinski definition) is 4. The molecule has 5 heteroatoms. The number of nitrogens with two attached hydrogens (primary N) is 1. The highest BCUT2D eigenvalue weighted by Gasteiger charge is 2.08. The number of rotatable bonds is 2. The molecule has 0 amide bonds. The van der Waals surface area contributed by atoms with Crippen LogP contribution in [0.2, 0.25) is 0 Å². The van der Waals surface area contributed by atoms with E-state index in [1.54, 1.807) is 11.3 Å². The van der Waals surface area contributed by atoms with Crippen molar-refractivity contribution in [2.75, 3.05) is 0 Å². The van der Waals surface area contributed by atoms with Gasteiger partial charge in [-0.2, -0.15) is 0 Å². The van der Waals surface area contributed by atoms with E-state index >= 15 is 0 Å². The molecule has 2 rings (SSSR count). The largest absolute Gasteiger partial charge is 0.331 e. The van der Waals surface area contributed by atoms with Crippen molar-refractivity contribution < 1.29 is 0 Å². The molecule has 2 N–H and O–H groups in total. The maximum Gasteiger partial charge on any atom is 0.107 e. The van der Waals surface area contributed by atoms with E-state index in [1.165, 1.54) is 0 Å². The highest BCUT2D eigenvalue weighted by molar-refractivity contribution is 7.15. The van der Waals surface area contributed by atoms with Crippen molar-refractivity contribution in [1.82, 2.24) is 14.5 Å². The second-order valence-electron chi connectivity index (χ2n) is 3.07. The Morgan fingerprint density at radius 2 is 2.21 bits per heavy atom. The summed E-state index contributed by atoms with van der Waals surface area (Å²) >= 11 is 1.62. The molecule has 2 aromatic heterocycles. The van der Waals surface area contributed by atoms with E-state index in [0.29, 0.717) is 6.54 Å². The molecule has 0 bridgehead atoms. The lowest BCUT2D eigenvalue weighted by Gasteiger charge is -1.98. The zero-order valence-electron chi connectivity index (χ0n) is 8.19. The van der Waals surface area contributed by atoms with Crippen LogP contribution in [0.5, 0.6) is 0 Å². The molecular weight excluding hydrogens is 196 g/mol. The fourth-order valence-corrected chi connectivity index (χ4v) is 2.10. The lowest BCUT2D eigenvalue weighted by molar-refractivity contribution is 0.866. The highest BCUT2D eigenvalue weighted by atomic mass is 32.1. The SMILES string of the molecule is Cc1ncc(-c2cnc(CN)s2)n1C. The van der Waals surface area contributed by atoms with Crippen LogP contribution < -0.4 is 5.73 Å². The van der Waals surface area contributed by atoms with Crippen LogP contribution >= 0.6 is 11.3 Å². The molecule has 0 saturated carbocycles. The van der Waals surface area contributed by atoms with Crippen LogP contribution in [0, 0.1) is 6.92 Å². The summed E-state index contributed by atoms with van der Waals surface area (Å²) in [6.07, 6.45) is 3.71. The van der Waals surface area contributed by atoms with Crippen LogP contribution in [-0.2, 0) is 13.6 Å². The zero-order valence-corrected chi connectivity index (χ0v) is 9.01. The Morgan fingerprint density at radius 3 is 2.71 bits per heavy atom. The van der Waals surface area contributed by atoms with Gasteiger partial charge in [0.2, 0.25) is 0 Å². The number of imidazole rings is 1. The molecule has 0 saturated heterocycles. The third-order valence-corrected chi connectivity index (χ3v) is 3.24. The van der Waals surface area contributed by atoms with Crippen LogP contribution in [0.4, 0.5) is 0 Å². The van der Waals surface area contributed by atoms with E-state index in [4.69, 9.17) is 5.73 Å². The van der Waals surface area contributed by atoms with E-state index in [2.05, 4.69) is 9.97 Å². The minimum absolute atomic E-state index is 0.501. The summed E-state index contributed by atoms with van der Waals surface area (Å²) in [6.45, 7) is 2.48. The van der Waals surface area contributed by atoms with E-state index < -0.39 is 0 Å². The average molecular weight is 208 g/mol. The highest BCUT2D eigenvalue weighted by Crippen LogP contribution is 2.25. The first-order valence-electron chi connectivity index (χ1n) is 4.36. The fourth-order valence-electron chi connectivity index (χ4n) is 1.25. The van der Waals surface area contributed by atoms with Gasteiger partial charge >= 0.3 is 0 Å². The van der Waals surface area contributed by atoms with Gasteiger partial charge in [-0.3, -0.25) is 0 Å². The van der Waals surface area contributed by atoms with Gasteiger partial charge in [0.15, 0.2) is 0 Å². The van der Waals surface area contributed by atoms with Gasteiger partial charge in [0, 0.05) is 19.8 Å². The Labute approximate surface area is 86.4 Å². The molecule has 74 valence electrons. The quantitative estimate of drug-likeness (QED) is 0.809. The monoisotopic (exact) mass is 208 g/mol. The molecule has 0 aliphatic rings. The first-order valence-corrected chi connectivity index (χ1v) is 5.17. The Hall–Kier alpha value is -1.20. The number of aryl methyl sites for hydroxylation is 1. The standard InChI is InChI=1S/C9H12N4S/c1-6-11-4-7(13(6)2)8-5-12-9(3-10)14-8/h4-5H,3,10H2,1-2H3. The molecule has 4 nitrogen and oxygen atoms in total. The van der Waals surface area contributed by atoms with Gasteiger partial charge in [-0.1, -0.05) is 0 Å². The summed E-state index contributed by atoms with van der Waals surface area (Å²) in [5.74, 6) is 1.00. The molecule has 0 atom stereocenters. The normalized spacial score (nSPS) is 10.8. The predicted octanol–water partition coefficient (Wildman–Crippen LogP) is 1.31. The van der Waals surface area contributed by atoms with Gasteiger partial charge in [-0.25, -0.2) is 9.97 Å². The number of thiazole rings is 1. The smallest absolute Gasteiger partial charge is 0.107 e. The van der Waals surface area contributed by atoms with Gasteiger partial charge in [0.05, 0.1) is 16.8 Å². The Balaban J connectivity index is 2.44. The molecule has 14 heavy (non-hydrogen) atoms. The molecule has 0 spiro atoms. The average Bonchev–Trinajstić information content (AvgIpc) is 2.75. The molecule has 2 aromatic rings. The molecule has 0 fully saturated rings. The molecule has 0 unspecified atom stereocenters. The molecule has 2 heterocycles. The molecule has 0 aromatic carbocycles. The van der Waals surface area contributed by atoms with Gasteiger partial charge in [0.1, 0.15) is 10.8 Å². The summed E-state index contributed by atoms with van der Waals surface area (Å²) in [6, 6.07) is 0. The maximum atomic E-state index is 5.51. The van der Waals surface area contributed by atoms with Gasteiger partial charge in [-0.05, 0) is 6.92 Å². The van der Waals surface area contributed by atoms with Crippen LogP contribution in [0.1, 0.15) is 10.8 Å². The summed E-state index contributed by atoms with van der Waals surface area (Å²) in [4.78, 5) is 9.57. The second-order valence-corrected chi connectivity index (χ2v) is 4.19. The first kappa shape index (κ1) is 9.36. The van der Waals surface area contributed by atoms with E-state index in [9.17, 15) is 0 Å². The Bertz CT molecular complexity index is 443. The van der Waals surface area contributed by atoms with Gasteiger partial charge in [0.25, 0.3) is 0 Å². The van der Waals surface area contributed by atoms with Crippen LogP contribution in [0.3, 0.4) is 0 Å². The van der Waals surface area contributed by atoms with E-state index in [0.717, 1.165) is 21.4 Å². The fraction of sp³-hybridized carbons (Fsp3) is 0.333. The zero-order chi connectivity index (χ0) is 10.1. The van der Waals surface area contributed by atoms with Gasteiger partial charge < -0.3 is 10.3 Å². The summed E-state index contributed by atoms with van der Waals surface area (Å²) in [5.41, 5.74) is 6.61. The van der Waals surface area contributed by atoms with Crippen molar-refractivity contribution in [2.24, 2.45) is 12.8 Å². The van der Waals surface area contributed by atoms with E-state index in [1.807, 2.05) is 30.9 Å². The van der Waals surface area contributed by atoms with Crippen molar-refractivity contribution in [3.8, 4) is 10.6 Å². The first-order chi connectivity index (χ1) is 6.72. The summed E-state index contributed by atoms with van der Waals surface area (Å²) in [7, 11) is 2.00. The van der Waals surface area contributed by atoms with E-state index in [-0.39, 0.29) is 0 Å². The molecule has 0 aliphatic carbocycles. The minimum atomic E-state index is 0.501. The van der Waals surface area contributed by atoms with Crippen LogP contribution in [0.25, 0.3) is 10.6 Å². The van der Waals surface area contributed by atoms with Crippen molar-refractivity contribution in [3.63, 3.8) is 0 Å². The van der Waals surface area contributed by atoms with Crippen molar-refractivity contribution in [1.29, 1.82) is 0 Å². The predicted molar refractivity (Wildman–Crippen MR) is 56.9 cm³/mol. The van der Waals surface area contributed by atoms with Gasteiger partial charge in [-0.15, -0.1) is 11.3 Å². The van der Waals surface area contributed by atoms with Crippen LogP contribution in [-0.4, -0.2) is 14.5 Å². The Kier molecular flexibility index (Phi) is 2.35. The lowest BCUT2D eigenvalue weighted by Crippen LogP contribution is -1.93. The lowest BCUT2D eigenvalue weighted by atomic mass is 10.4. The second kappa shape index (κ2) is 3.51. The maximum absolute atomic E-state index is 5.51. The van der Waals surface area contributed by atoms with Crippen molar-refractivity contribution in [3.05, 3.63) is 23.2 Å². The third kappa shape index (κ3) is 1.44. The van der Waals surface area contributed by atoms with Crippen LogP contribution in [0.15, 0.2) is 12.4 Å². The number of nitrogens with zero attached hydrogens (tertiary/aromatic N) is 3. The Morgan fingerprint density at radius 1 is 1.43 bits per heavy atom. The topological polar surface area (TPSA) is 56.7 Å². The van der Waals surface area contributed by atoms with Crippen molar-refractivity contribution >= 4 is 11.3 Å².